The van der Waals surface area contributed by atoms with E-state index in [2.05, 4.69) is 4.42 Å². The lowest BCUT2D eigenvalue weighted by Gasteiger charge is -1.72. The molecule has 2 rings (SSSR count). The van der Waals surface area contributed by atoms with Crippen LogP contribution in [0.5, 0.6) is 0 Å². The van der Waals surface area contributed by atoms with Gasteiger partial charge >= 0.3 is 5.63 Å². The van der Waals surface area contributed by atoms with E-state index in [1.54, 1.807) is 12.1 Å². The molecule has 1 heterocycles. The summed E-state index contributed by atoms with van der Waals surface area (Å²) in [6.45, 7) is 0. The van der Waals surface area contributed by atoms with Crippen molar-refractivity contribution in [3.8, 4) is 0 Å². The Labute approximate surface area is 76.5 Å². The third kappa shape index (κ3) is 4.58. The van der Waals surface area contributed by atoms with Gasteiger partial charge in [-0.15, -0.1) is 0 Å². The van der Waals surface area contributed by atoms with Gasteiger partial charge in [-0.05, 0) is 6.07 Å². The van der Waals surface area contributed by atoms with E-state index in [9.17, 15) is 4.79 Å². The molecule has 0 unspecified atom stereocenters. The molecule has 66 valence electrons. The minimum absolute atomic E-state index is 0.303. The summed E-state index contributed by atoms with van der Waals surface area (Å²) in [6.07, 6.45) is 1.35. The van der Waals surface area contributed by atoms with Crippen molar-refractivity contribution < 1.29 is 4.42 Å². The molecule has 2 aromatic rings. The van der Waals surface area contributed by atoms with Crippen LogP contribution in [0, 0.1) is 0 Å². The van der Waals surface area contributed by atoms with Crippen molar-refractivity contribution in [2.45, 2.75) is 0 Å². The van der Waals surface area contributed by atoms with Gasteiger partial charge in [0, 0.05) is 6.07 Å². The molecule has 0 atom stereocenters. The Hall–Kier alpha value is -1.83. The zero-order chi connectivity index (χ0) is 9.36. The molecule has 0 amide bonds. The first-order valence-corrected chi connectivity index (χ1v) is 3.93. The van der Waals surface area contributed by atoms with Crippen molar-refractivity contribution in [2.75, 3.05) is 0 Å². The predicted molar refractivity (Wildman–Crippen MR) is 51.4 cm³/mol. The lowest BCUT2D eigenvalue weighted by atomic mass is 10.4. The van der Waals surface area contributed by atoms with Crippen LogP contribution in [0.15, 0.2) is 70.1 Å². The van der Waals surface area contributed by atoms with Gasteiger partial charge in [0.05, 0.1) is 6.26 Å². The molecule has 2 heteroatoms. The van der Waals surface area contributed by atoms with Crippen molar-refractivity contribution in [1.29, 1.82) is 0 Å². The summed E-state index contributed by atoms with van der Waals surface area (Å²) in [5, 5.41) is 0. The van der Waals surface area contributed by atoms with Gasteiger partial charge in [-0.2, -0.15) is 0 Å². The van der Waals surface area contributed by atoms with Crippen molar-refractivity contribution in [3.63, 3.8) is 0 Å². The van der Waals surface area contributed by atoms with Crippen LogP contribution in [-0.2, 0) is 0 Å². The van der Waals surface area contributed by atoms with Gasteiger partial charge in [-0.1, -0.05) is 42.5 Å². The Morgan fingerprint density at radius 3 is 1.54 bits per heavy atom. The number of hydrogen-bond acceptors (Lipinski definition) is 2. The van der Waals surface area contributed by atoms with Crippen LogP contribution < -0.4 is 5.63 Å². The molecular weight excluding hydrogens is 164 g/mol. The van der Waals surface area contributed by atoms with Crippen molar-refractivity contribution >= 4 is 0 Å². The molecule has 13 heavy (non-hydrogen) atoms. The molecule has 1 aromatic heterocycles. The highest BCUT2D eigenvalue weighted by molar-refractivity contribution is 4.99. The third-order valence-corrected chi connectivity index (χ3v) is 1.27. The lowest BCUT2D eigenvalue weighted by Crippen LogP contribution is -1.90. The minimum Gasteiger partial charge on any atom is -0.431 e. The second-order valence-corrected chi connectivity index (χ2v) is 2.28. The molecule has 0 aliphatic heterocycles. The highest BCUT2D eigenvalue weighted by Gasteiger charge is 1.72. The fourth-order valence-electron chi connectivity index (χ4n) is 0.710. The normalized spacial score (nSPS) is 8.31. The van der Waals surface area contributed by atoms with E-state index < -0.39 is 0 Å². The van der Waals surface area contributed by atoms with Gasteiger partial charge in [-0.3, -0.25) is 0 Å². The Morgan fingerprint density at radius 2 is 1.31 bits per heavy atom. The molecule has 1 aromatic carbocycles. The fraction of sp³-hybridized carbons (Fsp3) is 0. The summed E-state index contributed by atoms with van der Waals surface area (Å²) in [5.41, 5.74) is -0.303. The predicted octanol–water partition coefficient (Wildman–Crippen LogP) is 2.33. The van der Waals surface area contributed by atoms with Crippen molar-refractivity contribution in [1.82, 2.24) is 0 Å². The van der Waals surface area contributed by atoms with E-state index in [1.165, 1.54) is 12.3 Å². The van der Waals surface area contributed by atoms with Crippen LogP contribution in [0.2, 0.25) is 0 Å². The maximum atomic E-state index is 10.1. The highest BCUT2D eigenvalue weighted by Crippen LogP contribution is 1.79. The topological polar surface area (TPSA) is 30.2 Å². The van der Waals surface area contributed by atoms with E-state index in [1.807, 2.05) is 36.4 Å². The summed E-state index contributed by atoms with van der Waals surface area (Å²) >= 11 is 0. The number of hydrogen-bond donors (Lipinski definition) is 0. The van der Waals surface area contributed by atoms with Crippen molar-refractivity contribution in [3.05, 3.63) is 71.3 Å². The second kappa shape index (κ2) is 5.77. The average Bonchev–Trinajstić information content (AvgIpc) is 2.22. The standard InChI is InChI=1S/C6H6.C5H4O2/c1-2-4-6-5-3-1;6-5-3-1-2-4-7-5/h1-6H;1-4H. The van der Waals surface area contributed by atoms with E-state index in [0.717, 1.165) is 0 Å². The van der Waals surface area contributed by atoms with E-state index >= 15 is 0 Å². The molecule has 0 fully saturated rings. The molecule has 0 saturated heterocycles. The Balaban J connectivity index is 0.000000132. The van der Waals surface area contributed by atoms with Gasteiger partial charge in [0.15, 0.2) is 0 Å². The third-order valence-electron chi connectivity index (χ3n) is 1.27. The Bertz CT molecular complexity index is 321. The summed E-state index contributed by atoms with van der Waals surface area (Å²) in [6, 6.07) is 16.6. The SMILES string of the molecule is O=c1cccco1.c1ccccc1. The quantitative estimate of drug-likeness (QED) is 0.613. The summed E-state index contributed by atoms with van der Waals surface area (Å²) in [7, 11) is 0. The number of benzene rings is 1. The average molecular weight is 174 g/mol. The van der Waals surface area contributed by atoms with Gasteiger partial charge in [0.25, 0.3) is 0 Å². The first-order valence-electron chi connectivity index (χ1n) is 3.93. The molecule has 0 saturated carbocycles. The largest absolute Gasteiger partial charge is 0.431 e. The zero-order valence-electron chi connectivity index (χ0n) is 7.09. The smallest absolute Gasteiger partial charge is 0.335 e. The van der Waals surface area contributed by atoms with Gasteiger partial charge in [-0.25, -0.2) is 4.79 Å². The zero-order valence-corrected chi connectivity index (χ0v) is 7.09. The van der Waals surface area contributed by atoms with Crippen LogP contribution in [-0.4, -0.2) is 0 Å². The first-order chi connectivity index (χ1) is 6.39. The van der Waals surface area contributed by atoms with Gasteiger partial charge in [0.1, 0.15) is 0 Å². The van der Waals surface area contributed by atoms with Crippen LogP contribution in [0.4, 0.5) is 0 Å². The highest BCUT2D eigenvalue weighted by atomic mass is 16.4. The van der Waals surface area contributed by atoms with Crippen LogP contribution in [0.1, 0.15) is 0 Å². The maximum Gasteiger partial charge on any atom is 0.335 e. The molecular formula is C11H10O2. The Morgan fingerprint density at radius 1 is 0.769 bits per heavy atom. The molecule has 0 N–H and O–H groups in total. The minimum atomic E-state index is -0.303. The molecule has 0 spiro atoms. The molecule has 0 aliphatic carbocycles. The number of rotatable bonds is 0. The molecule has 0 bridgehead atoms. The maximum absolute atomic E-state index is 10.1. The van der Waals surface area contributed by atoms with Crippen molar-refractivity contribution in [2.24, 2.45) is 0 Å². The van der Waals surface area contributed by atoms with Gasteiger partial charge in [0.2, 0.25) is 0 Å². The second-order valence-electron chi connectivity index (χ2n) is 2.28. The Kier molecular flexibility index (Phi) is 4.11. The molecule has 0 radical (unpaired) electrons. The fourth-order valence-corrected chi connectivity index (χ4v) is 0.710. The molecule has 0 aliphatic rings. The molecule has 2 nitrogen and oxygen atoms in total. The van der Waals surface area contributed by atoms with Crippen LogP contribution in [0.25, 0.3) is 0 Å². The van der Waals surface area contributed by atoms with Gasteiger partial charge < -0.3 is 4.42 Å². The summed E-state index contributed by atoms with van der Waals surface area (Å²) in [4.78, 5) is 10.1. The van der Waals surface area contributed by atoms with E-state index in [-0.39, 0.29) is 5.63 Å². The van der Waals surface area contributed by atoms with E-state index in [0.29, 0.717) is 0 Å². The monoisotopic (exact) mass is 174 g/mol. The van der Waals surface area contributed by atoms with Crippen LogP contribution >= 0.6 is 0 Å². The summed E-state index contributed by atoms with van der Waals surface area (Å²) < 4.78 is 4.37. The first kappa shape index (κ1) is 9.26. The summed E-state index contributed by atoms with van der Waals surface area (Å²) in [5.74, 6) is 0. The van der Waals surface area contributed by atoms with E-state index in [4.69, 9.17) is 0 Å². The van der Waals surface area contributed by atoms with Crippen LogP contribution in [0.3, 0.4) is 0 Å². The lowest BCUT2D eigenvalue weighted by molar-refractivity contribution is 0.511.